The molecule has 10 nitrogen and oxygen atoms in total. The third kappa shape index (κ3) is 10.9. The van der Waals surface area contributed by atoms with E-state index in [-0.39, 0.29) is 12.3 Å². The monoisotopic (exact) mass is 471 g/mol. The Bertz CT molecular complexity index is 894. The van der Waals surface area contributed by atoms with Gasteiger partial charge in [0.2, 0.25) is 5.91 Å². The van der Waals surface area contributed by atoms with E-state index < -0.39 is 0 Å². The molecule has 1 amide bonds. The highest BCUT2D eigenvalue weighted by atomic mass is 16.5. The van der Waals surface area contributed by atoms with E-state index in [2.05, 4.69) is 21.2 Å². The Morgan fingerprint density at radius 1 is 1.29 bits per heavy atom. The quantitative estimate of drug-likeness (QED) is 0.0484. The summed E-state index contributed by atoms with van der Waals surface area (Å²) in [6, 6.07) is 7.20. The van der Waals surface area contributed by atoms with Gasteiger partial charge in [-0.05, 0) is 18.9 Å². The fourth-order valence-electron chi connectivity index (χ4n) is 2.89. The number of carbonyl (C=O) groups is 2. The van der Waals surface area contributed by atoms with Crippen molar-refractivity contribution in [2.24, 2.45) is 16.6 Å². The molecule has 0 aliphatic rings. The van der Waals surface area contributed by atoms with Gasteiger partial charge in [-0.3, -0.25) is 14.6 Å². The largest absolute Gasteiger partial charge is 0.397 e. The zero-order chi connectivity index (χ0) is 25.2. The molecule has 0 unspecified atom stereocenters. The number of hydrogen-bond acceptors (Lipinski definition) is 8. The summed E-state index contributed by atoms with van der Waals surface area (Å²) < 4.78 is 4.98. The molecule has 186 valence electrons. The minimum atomic E-state index is -0.113. The zero-order valence-electron chi connectivity index (χ0n) is 20.2. The molecule has 0 aliphatic heterocycles. The average Bonchev–Trinajstić information content (AvgIpc) is 2.84. The highest BCUT2D eigenvalue weighted by Gasteiger charge is 2.08. The molecule has 0 aliphatic carbocycles. The van der Waals surface area contributed by atoms with E-state index in [4.69, 9.17) is 16.3 Å². The number of methoxy groups -OCH3 is 1. The van der Waals surface area contributed by atoms with Crippen molar-refractivity contribution in [3.05, 3.63) is 71.1 Å². The number of hydrogen-bond donors (Lipinski definition) is 5. The first-order valence-electron chi connectivity index (χ1n) is 11.1. The summed E-state index contributed by atoms with van der Waals surface area (Å²) in [6.45, 7) is 3.64. The van der Waals surface area contributed by atoms with Crippen LogP contribution in [0.3, 0.4) is 0 Å². The van der Waals surface area contributed by atoms with E-state index in [9.17, 15) is 9.59 Å². The number of carbonyl (C=O) groups excluding carboxylic acids is 2. The van der Waals surface area contributed by atoms with Crippen molar-refractivity contribution in [2.45, 2.75) is 19.8 Å². The highest BCUT2D eigenvalue weighted by Crippen LogP contribution is 2.08. The maximum Gasteiger partial charge on any atom is 0.221 e. The Labute approximate surface area is 201 Å². The number of amidine groups is 1. The summed E-state index contributed by atoms with van der Waals surface area (Å²) in [4.78, 5) is 27.9. The van der Waals surface area contributed by atoms with Gasteiger partial charge in [-0.15, -0.1) is 0 Å². The number of allylic oxidation sites excluding steroid dienone is 2. The fraction of sp³-hybridized carbons (Fsp3) is 0.375. The Balaban J connectivity index is 2.46. The minimum Gasteiger partial charge on any atom is -0.397 e. The molecule has 1 rings (SSSR count). The molecular weight excluding hydrogens is 434 g/mol. The molecule has 0 saturated carbocycles. The standard InChI is InChI=1S/C24H37N7O3/c1-4-19(10-7-16-34-3)22(25)17-31(26)15-12-23(33)28-13-8-14-29-24(30-27-2)21-11-6-5-9-20(21)18-32/h4-7,9-11,17-18,27H,8,12-16,25-26H2,1-3H3,(H,28,33)(H,29,30)/b10-7-,19-4+,22-17-. The number of nitrogens with two attached hydrogens (primary N) is 2. The second kappa shape index (κ2) is 17.1. The Morgan fingerprint density at radius 3 is 2.74 bits per heavy atom. The van der Waals surface area contributed by atoms with Crippen LogP contribution in [0.1, 0.15) is 35.7 Å². The molecule has 0 radical (unpaired) electrons. The number of aliphatic imine (C=N–C) groups is 1. The minimum absolute atomic E-state index is 0.113. The summed E-state index contributed by atoms with van der Waals surface area (Å²) >= 11 is 0. The van der Waals surface area contributed by atoms with Crippen LogP contribution in [0.4, 0.5) is 0 Å². The highest BCUT2D eigenvalue weighted by molar-refractivity contribution is 6.04. The second-order valence-corrected chi connectivity index (χ2v) is 7.19. The van der Waals surface area contributed by atoms with Crippen molar-refractivity contribution in [3.8, 4) is 0 Å². The fourth-order valence-corrected chi connectivity index (χ4v) is 2.89. The van der Waals surface area contributed by atoms with Crippen LogP contribution < -0.4 is 27.7 Å². The van der Waals surface area contributed by atoms with Crippen molar-refractivity contribution in [1.82, 2.24) is 21.2 Å². The molecule has 0 saturated heterocycles. The molecule has 0 bridgehead atoms. The van der Waals surface area contributed by atoms with Crippen LogP contribution >= 0.6 is 0 Å². The summed E-state index contributed by atoms with van der Waals surface area (Å²) in [6.07, 6.45) is 8.84. The van der Waals surface area contributed by atoms with E-state index >= 15 is 0 Å². The van der Waals surface area contributed by atoms with Gasteiger partial charge in [0, 0.05) is 57.5 Å². The number of ether oxygens (including phenoxy) is 1. The van der Waals surface area contributed by atoms with Crippen LogP contribution in [0.25, 0.3) is 0 Å². The summed E-state index contributed by atoms with van der Waals surface area (Å²) in [5.41, 5.74) is 14.4. The lowest BCUT2D eigenvalue weighted by atomic mass is 10.1. The van der Waals surface area contributed by atoms with E-state index in [1.54, 1.807) is 32.5 Å². The molecule has 0 aromatic heterocycles. The molecular formula is C24H37N7O3. The van der Waals surface area contributed by atoms with Gasteiger partial charge >= 0.3 is 0 Å². The molecule has 0 spiro atoms. The van der Waals surface area contributed by atoms with E-state index in [0.29, 0.717) is 55.3 Å². The molecule has 0 heterocycles. The van der Waals surface area contributed by atoms with E-state index in [0.717, 1.165) is 11.9 Å². The zero-order valence-corrected chi connectivity index (χ0v) is 20.2. The van der Waals surface area contributed by atoms with Crippen LogP contribution in [0.2, 0.25) is 0 Å². The molecule has 1 aromatic carbocycles. The maximum absolute atomic E-state index is 12.1. The van der Waals surface area contributed by atoms with Crippen molar-refractivity contribution in [2.75, 3.05) is 40.4 Å². The van der Waals surface area contributed by atoms with Crippen molar-refractivity contribution < 1.29 is 14.3 Å². The third-order valence-corrected chi connectivity index (χ3v) is 4.62. The lowest BCUT2D eigenvalue weighted by molar-refractivity contribution is -0.121. The first-order chi connectivity index (χ1) is 16.5. The van der Waals surface area contributed by atoms with E-state index in [1.165, 1.54) is 5.01 Å². The number of benzene rings is 1. The molecule has 0 fully saturated rings. The number of rotatable bonds is 15. The van der Waals surface area contributed by atoms with Crippen LogP contribution in [0.5, 0.6) is 0 Å². The number of hydrazine groups is 2. The summed E-state index contributed by atoms with van der Waals surface area (Å²) in [5, 5.41) is 4.25. The van der Waals surface area contributed by atoms with Crippen molar-refractivity contribution in [3.63, 3.8) is 0 Å². The molecule has 7 N–H and O–H groups in total. The predicted octanol–water partition coefficient (Wildman–Crippen LogP) is 0.991. The Kier molecular flexibility index (Phi) is 14.3. The number of nitrogens with one attached hydrogen (secondary N) is 3. The van der Waals surface area contributed by atoms with Crippen LogP contribution in [-0.2, 0) is 9.53 Å². The number of aldehydes is 1. The SMILES string of the molecule is C/C=C(\C=C/COC)C(/N)=C/N(N)CCC(=O)NCCCN=C(NNC)c1ccccc1C=O. The maximum atomic E-state index is 12.1. The molecule has 1 aromatic rings. The van der Waals surface area contributed by atoms with Gasteiger partial charge in [-0.2, -0.15) is 0 Å². The Morgan fingerprint density at radius 2 is 2.06 bits per heavy atom. The third-order valence-electron chi connectivity index (χ3n) is 4.62. The lowest BCUT2D eigenvalue weighted by Crippen LogP contribution is -2.36. The first-order valence-corrected chi connectivity index (χ1v) is 11.1. The van der Waals surface area contributed by atoms with Gasteiger partial charge in [0.1, 0.15) is 5.84 Å². The predicted molar refractivity (Wildman–Crippen MR) is 136 cm³/mol. The van der Waals surface area contributed by atoms with Gasteiger partial charge in [-0.25, -0.2) is 11.3 Å². The van der Waals surface area contributed by atoms with Crippen molar-refractivity contribution >= 4 is 18.0 Å². The van der Waals surface area contributed by atoms with Crippen molar-refractivity contribution in [1.29, 1.82) is 0 Å². The smallest absolute Gasteiger partial charge is 0.221 e. The van der Waals surface area contributed by atoms with Gasteiger partial charge < -0.3 is 26.2 Å². The van der Waals surface area contributed by atoms with Gasteiger partial charge in [0.15, 0.2) is 6.29 Å². The first kappa shape index (κ1) is 28.6. The van der Waals surface area contributed by atoms with Crippen LogP contribution in [-0.4, -0.2) is 63.4 Å². The summed E-state index contributed by atoms with van der Waals surface area (Å²) in [7, 11) is 3.34. The molecule has 34 heavy (non-hydrogen) atoms. The molecule has 10 heteroatoms. The lowest BCUT2D eigenvalue weighted by Gasteiger charge is -2.15. The van der Waals surface area contributed by atoms with Crippen LogP contribution in [0, 0.1) is 0 Å². The number of nitrogens with zero attached hydrogens (tertiary/aromatic N) is 2. The second-order valence-electron chi connectivity index (χ2n) is 7.19. The van der Waals surface area contributed by atoms with E-state index in [1.807, 2.05) is 37.3 Å². The van der Waals surface area contributed by atoms with Gasteiger partial charge in [-0.1, -0.05) is 42.5 Å². The Hall–Kier alpha value is -3.47. The van der Waals surface area contributed by atoms with Gasteiger partial charge in [0.25, 0.3) is 0 Å². The van der Waals surface area contributed by atoms with Gasteiger partial charge in [0.05, 0.1) is 12.3 Å². The topological polar surface area (TPSA) is 147 Å². The molecule has 0 atom stereocenters. The summed E-state index contributed by atoms with van der Waals surface area (Å²) in [5.74, 6) is 6.41. The normalized spacial score (nSPS) is 12.6. The van der Waals surface area contributed by atoms with Crippen LogP contribution in [0.15, 0.2) is 65.0 Å². The number of amides is 1. The average molecular weight is 472 g/mol.